The van der Waals surface area contributed by atoms with E-state index >= 15 is 0 Å². The van der Waals surface area contributed by atoms with Gasteiger partial charge < -0.3 is 19.9 Å². The van der Waals surface area contributed by atoms with E-state index in [1.807, 2.05) is 40.1 Å². The van der Waals surface area contributed by atoms with Crippen molar-refractivity contribution in [3.8, 4) is 6.07 Å². The number of aromatic nitrogens is 1. The van der Waals surface area contributed by atoms with Gasteiger partial charge >= 0.3 is 6.09 Å². The first-order valence-corrected chi connectivity index (χ1v) is 6.55. The molecule has 1 amide bonds. The standard InChI is InChI=1S/C14H22N4O2/c1-14(2,3)20-13(19)17-6-5-16-9-11-7-12(8-15)18(4)10-11/h7,10,16H,5-6,9H2,1-4H3,(H,17,19). The molecule has 0 spiro atoms. The maximum atomic E-state index is 11.4. The first-order chi connectivity index (χ1) is 9.31. The van der Waals surface area contributed by atoms with Crippen LogP contribution in [0.25, 0.3) is 0 Å². The van der Waals surface area contributed by atoms with E-state index in [0.29, 0.717) is 25.3 Å². The van der Waals surface area contributed by atoms with Crippen LogP contribution in [-0.4, -0.2) is 29.4 Å². The minimum absolute atomic E-state index is 0.411. The van der Waals surface area contributed by atoms with E-state index in [1.165, 1.54) is 0 Å². The van der Waals surface area contributed by atoms with Gasteiger partial charge in [-0.25, -0.2) is 4.79 Å². The normalized spacial score (nSPS) is 10.9. The van der Waals surface area contributed by atoms with Gasteiger partial charge in [-0.15, -0.1) is 0 Å². The highest BCUT2D eigenvalue weighted by atomic mass is 16.6. The minimum Gasteiger partial charge on any atom is -0.444 e. The smallest absolute Gasteiger partial charge is 0.407 e. The highest BCUT2D eigenvalue weighted by Gasteiger charge is 2.15. The van der Waals surface area contributed by atoms with Crippen LogP contribution in [0.15, 0.2) is 12.3 Å². The SMILES string of the molecule is Cn1cc(CNCCNC(=O)OC(C)(C)C)cc1C#N. The molecule has 6 heteroatoms. The Labute approximate surface area is 119 Å². The average Bonchev–Trinajstić information content (AvgIpc) is 2.67. The highest BCUT2D eigenvalue weighted by molar-refractivity contribution is 5.67. The Kier molecular flexibility index (Phi) is 5.59. The van der Waals surface area contributed by atoms with Crippen LogP contribution in [0.4, 0.5) is 4.79 Å². The Balaban J connectivity index is 2.19. The fourth-order valence-electron chi connectivity index (χ4n) is 1.64. The summed E-state index contributed by atoms with van der Waals surface area (Å²) in [5, 5.41) is 14.7. The summed E-state index contributed by atoms with van der Waals surface area (Å²) < 4.78 is 6.91. The molecular weight excluding hydrogens is 256 g/mol. The molecule has 0 saturated heterocycles. The van der Waals surface area contributed by atoms with Crippen LogP contribution in [0.3, 0.4) is 0 Å². The van der Waals surface area contributed by atoms with Gasteiger partial charge in [0.25, 0.3) is 0 Å². The highest BCUT2D eigenvalue weighted by Crippen LogP contribution is 2.06. The molecule has 0 fully saturated rings. The van der Waals surface area contributed by atoms with Gasteiger partial charge in [0, 0.05) is 32.9 Å². The van der Waals surface area contributed by atoms with Crippen molar-refractivity contribution in [1.82, 2.24) is 15.2 Å². The Morgan fingerprint density at radius 3 is 2.70 bits per heavy atom. The maximum absolute atomic E-state index is 11.4. The van der Waals surface area contributed by atoms with Crippen molar-refractivity contribution >= 4 is 6.09 Å². The second kappa shape index (κ2) is 6.96. The summed E-state index contributed by atoms with van der Waals surface area (Å²) in [5.74, 6) is 0. The molecule has 110 valence electrons. The van der Waals surface area contributed by atoms with Crippen molar-refractivity contribution in [2.24, 2.45) is 7.05 Å². The van der Waals surface area contributed by atoms with Gasteiger partial charge in [0.15, 0.2) is 0 Å². The van der Waals surface area contributed by atoms with Crippen LogP contribution < -0.4 is 10.6 Å². The average molecular weight is 278 g/mol. The number of nitriles is 1. The summed E-state index contributed by atoms with van der Waals surface area (Å²) in [6.07, 6.45) is 1.50. The molecule has 0 radical (unpaired) electrons. The monoisotopic (exact) mass is 278 g/mol. The second-order valence-corrected chi connectivity index (χ2v) is 5.56. The number of amides is 1. The topological polar surface area (TPSA) is 79.1 Å². The van der Waals surface area contributed by atoms with Crippen molar-refractivity contribution in [3.05, 3.63) is 23.5 Å². The van der Waals surface area contributed by atoms with Crippen LogP contribution in [0.5, 0.6) is 0 Å². The Bertz CT molecular complexity index is 494. The van der Waals surface area contributed by atoms with Crippen molar-refractivity contribution in [2.45, 2.75) is 32.9 Å². The van der Waals surface area contributed by atoms with Gasteiger partial charge in [0.05, 0.1) is 0 Å². The van der Waals surface area contributed by atoms with Gasteiger partial charge in [0.1, 0.15) is 17.4 Å². The van der Waals surface area contributed by atoms with Gasteiger partial charge in [-0.3, -0.25) is 0 Å². The number of rotatable bonds is 5. The molecule has 0 aliphatic heterocycles. The quantitative estimate of drug-likeness (QED) is 0.800. The summed E-state index contributed by atoms with van der Waals surface area (Å²) in [5.41, 5.74) is 1.20. The molecular formula is C14H22N4O2. The molecule has 2 N–H and O–H groups in total. The fraction of sp³-hybridized carbons (Fsp3) is 0.571. The predicted octanol–water partition coefficient (Wildman–Crippen LogP) is 1.51. The Morgan fingerprint density at radius 2 is 2.15 bits per heavy atom. The van der Waals surface area contributed by atoms with Crippen LogP contribution in [0.2, 0.25) is 0 Å². The van der Waals surface area contributed by atoms with Gasteiger partial charge in [-0.05, 0) is 32.4 Å². The lowest BCUT2D eigenvalue weighted by molar-refractivity contribution is 0.0528. The lowest BCUT2D eigenvalue weighted by Crippen LogP contribution is -2.36. The lowest BCUT2D eigenvalue weighted by Gasteiger charge is -2.19. The van der Waals surface area contributed by atoms with Crippen molar-refractivity contribution in [1.29, 1.82) is 5.26 Å². The number of carbonyl (C=O) groups excluding carboxylic acids is 1. The van der Waals surface area contributed by atoms with E-state index in [2.05, 4.69) is 16.7 Å². The third-order valence-electron chi connectivity index (χ3n) is 2.48. The van der Waals surface area contributed by atoms with Crippen molar-refractivity contribution in [3.63, 3.8) is 0 Å². The molecule has 6 nitrogen and oxygen atoms in total. The van der Waals surface area contributed by atoms with Crippen molar-refractivity contribution < 1.29 is 9.53 Å². The summed E-state index contributed by atoms with van der Waals surface area (Å²) in [7, 11) is 1.84. The zero-order valence-electron chi connectivity index (χ0n) is 12.5. The molecule has 1 heterocycles. The van der Waals surface area contributed by atoms with E-state index in [-0.39, 0.29) is 0 Å². The van der Waals surface area contributed by atoms with E-state index < -0.39 is 11.7 Å². The molecule has 0 atom stereocenters. The Morgan fingerprint density at radius 1 is 1.45 bits per heavy atom. The van der Waals surface area contributed by atoms with Crippen LogP contribution >= 0.6 is 0 Å². The number of ether oxygens (including phenoxy) is 1. The van der Waals surface area contributed by atoms with Gasteiger partial charge in [-0.2, -0.15) is 5.26 Å². The molecule has 0 saturated carbocycles. The van der Waals surface area contributed by atoms with E-state index in [1.54, 1.807) is 4.57 Å². The van der Waals surface area contributed by atoms with Crippen molar-refractivity contribution in [2.75, 3.05) is 13.1 Å². The van der Waals surface area contributed by atoms with E-state index in [4.69, 9.17) is 10.00 Å². The third-order valence-corrected chi connectivity index (χ3v) is 2.48. The zero-order valence-corrected chi connectivity index (χ0v) is 12.5. The molecule has 0 unspecified atom stereocenters. The maximum Gasteiger partial charge on any atom is 0.407 e. The van der Waals surface area contributed by atoms with Gasteiger partial charge in [0.2, 0.25) is 0 Å². The van der Waals surface area contributed by atoms with E-state index in [0.717, 1.165) is 5.56 Å². The molecule has 0 aliphatic rings. The Hall–Kier alpha value is -2.00. The predicted molar refractivity (Wildman–Crippen MR) is 76.1 cm³/mol. The summed E-state index contributed by atoms with van der Waals surface area (Å²) in [4.78, 5) is 11.4. The number of hydrogen-bond donors (Lipinski definition) is 2. The van der Waals surface area contributed by atoms with Gasteiger partial charge in [-0.1, -0.05) is 0 Å². The summed E-state index contributed by atoms with van der Waals surface area (Å²) in [6.45, 7) is 7.27. The summed E-state index contributed by atoms with van der Waals surface area (Å²) in [6, 6.07) is 3.96. The number of nitrogens with zero attached hydrogens (tertiary/aromatic N) is 2. The lowest BCUT2D eigenvalue weighted by atomic mass is 10.2. The fourth-order valence-corrected chi connectivity index (χ4v) is 1.64. The van der Waals surface area contributed by atoms with Crippen LogP contribution in [0.1, 0.15) is 32.0 Å². The number of alkyl carbamates (subject to hydrolysis) is 1. The zero-order chi connectivity index (χ0) is 15.2. The minimum atomic E-state index is -0.477. The van der Waals surface area contributed by atoms with Crippen LogP contribution in [-0.2, 0) is 18.3 Å². The number of hydrogen-bond acceptors (Lipinski definition) is 4. The first kappa shape index (κ1) is 16.1. The number of aryl methyl sites for hydroxylation is 1. The van der Waals surface area contributed by atoms with E-state index in [9.17, 15) is 4.79 Å². The second-order valence-electron chi connectivity index (χ2n) is 5.56. The molecule has 20 heavy (non-hydrogen) atoms. The molecule has 1 rings (SSSR count). The molecule has 0 bridgehead atoms. The molecule has 0 aliphatic carbocycles. The molecule has 0 aromatic carbocycles. The first-order valence-electron chi connectivity index (χ1n) is 6.55. The largest absolute Gasteiger partial charge is 0.444 e. The number of nitrogens with one attached hydrogen (secondary N) is 2. The summed E-state index contributed by atoms with van der Waals surface area (Å²) >= 11 is 0. The molecule has 1 aromatic heterocycles. The van der Waals surface area contributed by atoms with Crippen LogP contribution in [0, 0.1) is 11.3 Å². The third kappa shape index (κ3) is 5.76. The molecule has 1 aromatic rings. The number of carbonyl (C=O) groups is 1.